The van der Waals surface area contributed by atoms with Gasteiger partial charge < -0.3 is 10.1 Å². The number of nitrogens with zero attached hydrogens (tertiary/aromatic N) is 1. The average Bonchev–Trinajstić information content (AvgIpc) is 2.88. The molecule has 1 fully saturated rings. The predicted molar refractivity (Wildman–Crippen MR) is 86.4 cm³/mol. The number of nitrogens with one attached hydrogen (secondary N) is 1. The van der Waals surface area contributed by atoms with Crippen molar-refractivity contribution < 1.29 is 17.5 Å². The Morgan fingerprint density at radius 3 is 2.96 bits per heavy atom. The van der Waals surface area contributed by atoms with Crippen molar-refractivity contribution in [1.29, 1.82) is 0 Å². The van der Waals surface area contributed by atoms with E-state index >= 15 is 0 Å². The summed E-state index contributed by atoms with van der Waals surface area (Å²) in [6, 6.07) is 4.69. The van der Waals surface area contributed by atoms with Crippen molar-refractivity contribution in [3.63, 3.8) is 0 Å². The molecular weight excluding hydrogens is 319 g/mol. The van der Waals surface area contributed by atoms with Crippen molar-refractivity contribution >= 4 is 10.0 Å². The summed E-state index contributed by atoms with van der Waals surface area (Å²) in [5, 5.41) is 3.49. The maximum atomic E-state index is 13.6. The van der Waals surface area contributed by atoms with Gasteiger partial charge in [0.15, 0.2) is 0 Å². The molecule has 5 nitrogen and oxygen atoms in total. The minimum atomic E-state index is -3.10. The molecule has 0 saturated carbocycles. The van der Waals surface area contributed by atoms with Gasteiger partial charge in [0.05, 0.1) is 12.9 Å². The molecule has 2 heterocycles. The Morgan fingerprint density at radius 1 is 1.39 bits per heavy atom. The molecular formula is C16H23FN2O3S. The van der Waals surface area contributed by atoms with E-state index in [2.05, 4.69) is 5.32 Å². The Bertz CT molecular complexity index is 665. The minimum absolute atomic E-state index is 0.0514. The van der Waals surface area contributed by atoms with Gasteiger partial charge >= 0.3 is 0 Å². The normalized spacial score (nSPS) is 25.7. The quantitative estimate of drug-likeness (QED) is 0.908. The second-order valence-corrected chi connectivity index (χ2v) is 8.39. The first kappa shape index (κ1) is 16.7. The van der Waals surface area contributed by atoms with Crippen LogP contribution in [0.2, 0.25) is 0 Å². The van der Waals surface area contributed by atoms with Crippen molar-refractivity contribution in [2.75, 3.05) is 32.5 Å². The average molecular weight is 342 g/mol. The van der Waals surface area contributed by atoms with Crippen LogP contribution in [0.5, 0.6) is 5.75 Å². The molecule has 23 heavy (non-hydrogen) atoms. The highest BCUT2D eigenvalue weighted by Crippen LogP contribution is 2.32. The summed E-state index contributed by atoms with van der Waals surface area (Å²) in [4.78, 5) is 0. The summed E-state index contributed by atoms with van der Waals surface area (Å²) in [6.45, 7) is 2.52. The molecule has 2 aliphatic rings. The first-order chi connectivity index (χ1) is 10.9. The maximum absolute atomic E-state index is 13.6. The number of hydrogen-bond donors (Lipinski definition) is 1. The van der Waals surface area contributed by atoms with Crippen LogP contribution in [0.1, 0.15) is 30.9 Å². The topological polar surface area (TPSA) is 58.6 Å². The number of fused-ring (bicyclic) bond motifs is 1. The maximum Gasteiger partial charge on any atom is 0.211 e. The summed E-state index contributed by atoms with van der Waals surface area (Å²) >= 11 is 0. The summed E-state index contributed by atoms with van der Waals surface area (Å²) in [7, 11) is -3.10. The zero-order valence-electron chi connectivity index (χ0n) is 13.3. The molecule has 0 spiro atoms. The van der Waals surface area contributed by atoms with E-state index in [1.54, 1.807) is 6.07 Å². The van der Waals surface area contributed by atoms with Gasteiger partial charge in [0, 0.05) is 24.7 Å². The first-order valence-electron chi connectivity index (χ1n) is 8.04. The summed E-state index contributed by atoms with van der Waals surface area (Å²) in [5.41, 5.74) is 0.862. The van der Waals surface area contributed by atoms with E-state index in [-0.39, 0.29) is 11.9 Å². The molecule has 1 aromatic rings. The fourth-order valence-electron chi connectivity index (χ4n) is 3.33. The number of ether oxygens (including phenoxy) is 1. The first-order valence-corrected chi connectivity index (χ1v) is 9.89. The third-order valence-electron chi connectivity index (χ3n) is 4.61. The molecule has 7 heteroatoms. The largest absolute Gasteiger partial charge is 0.493 e. The number of hydrogen-bond acceptors (Lipinski definition) is 4. The molecule has 1 aromatic carbocycles. The lowest BCUT2D eigenvalue weighted by molar-refractivity contribution is 0.314. The molecule has 2 atom stereocenters. The smallest absolute Gasteiger partial charge is 0.211 e. The molecule has 0 unspecified atom stereocenters. The van der Waals surface area contributed by atoms with Crippen LogP contribution < -0.4 is 10.1 Å². The lowest BCUT2D eigenvalue weighted by Gasteiger charge is -2.21. The van der Waals surface area contributed by atoms with Crippen molar-refractivity contribution in [2.24, 2.45) is 5.92 Å². The van der Waals surface area contributed by atoms with Gasteiger partial charge in [-0.2, -0.15) is 0 Å². The van der Waals surface area contributed by atoms with Crippen molar-refractivity contribution in [3.05, 3.63) is 29.6 Å². The van der Waals surface area contributed by atoms with Crippen molar-refractivity contribution in [1.82, 2.24) is 9.62 Å². The van der Waals surface area contributed by atoms with E-state index in [0.717, 1.165) is 37.1 Å². The van der Waals surface area contributed by atoms with Crippen molar-refractivity contribution in [2.45, 2.75) is 25.3 Å². The van der Waals surface area contributed by atoms with E-state index in [1.807, 2.05) is 0 Å². The molecule has 0 aliphatic carbocycles. The van der Waals surface area contributed by atoms with Crippen LogP contribution in [0.25, 0.3) is 0 Å². The fourth-order valence-corrected chi connectivity index (χ4v) is 4.25. The van der Waals surface area contributed by atoms with E-state index in [0.29, 0.717) is 25.6 Å². The van der Waals surface area contributed by atoms with Crippen LogP contribution in [0.15, 0.2) is 18.2 Å². The number of rotatable bonds is 4. The number of halogens is 1. The second-order valence-electron chi connectivity index (χ2n) is 6.41. The Hall–Kier alpha value is -1.18. The predicted octanol–water partition coefficient (Wildman–Crippen LogP) is 1.91. The standard InChI is InChI=1S/C16H23FN2O3S/c1-23(20,21)19-7-6-12(11-19)10-18-15-3-2-8-22-16-5-4-13(17)9-14(15)16/h4-5,9,12,15,18H,2-3,6-8,10-11H2,1H3/t12-,15-/m1/s1. The van der Waals surface area contributed by atoms with Crippen LogP contribution in [-0.2, 0) is 10.0 Å². The summed E-state index contributed by atoms with van der Waals surface area (Å²) < 4.78 is 43.9. The Morgan fingerprint density at radius 2 is 2.22 bits per heavy atom. The Balaban J connectivity index is 1.64. The molecule has 128 valence electrons. The third-order valence-corrected chi connectivity index (χ3v) is 5.88. The van der Waals surface area contributed by atoms with Gasteiger partial charge in [-0.15, -0.1) is 0 Å². The lowest BCUT2D eigenvalue weighted by Crippen LogP contribution is -2.31. The Labute approximate surface area is 136 Å². The van der Waals surface area contributed by atoms with Gasteiger partial charge in [-0.05, 0) is 49.9 Å². The van der Waals surface area contributed by atoms with Gasteiger partial charge in [0.1, 0.15) is 11.6 Å². The molecule has 0 bridgehead atoms. The molecule has 0 radical (unpaired) electrons. The van der Waals surface area contributed by atoms with Gasteiger partial charge in [-0.1, -0.05) is 0 Å². The molecule has 1 N–H and O–H groups in total. The summed E-state index contributed by atoms with van der Waals surface area (Å²) in [6.07, 6.45) is 3.91. The molecule has 0 aromatic heterocycles. The van der Waals surface area contributed by atoms with Crippen LogP contribution in [0, 0.1) is 11.7 Å². The van der Waals surface area contributed by atoms with Gasteiger partial charge in [0.2, 0.25) is 10.0 Å². The van der Waals surface area contributed by atoms with Crippen LogP contribution >= 0.6 is 0 Å². The van der Waals surface area contributed by atoms with E-state index in [4.69, 9.17) is 4.74 Å². The van der Waals surface area contributed by atoms with Gasteiger partial charge in [0.25, 0.3) is 0 Å². The van der Waals surface area contributed by atoms with E-state index in [9.17, 15) is 12.8 Å². The number of benzene rings is 1. The SMILES string of the molecule is CS(=O)(=O)N1CC[C@H](CN[C@@H]2CCCOc3ccc(F)cc32)C1. The second kappa shape index (κ2) is 6.75. The molecule has 0 amide bonds. The van der Waals surface area contributed by atoms with Gasteiger partial charge in [-0.25, -0.2) is 17.1 Å². The van der Waals surface area contributed by atoms with Gasteiger partial charge in [-0.3, -0.25) is 0 Å². The zero-order valence-corrected chi connectivity index (χ0v) is 14.1. The molecule has 2 aliphatic heterocycles. The summed E-state index contributed by atoms with van der Waals surface area (Å²) in [5.74, 6) is 0.779. The molecule has 1 saturated heterocycles. The van der Waals surface area contributed by atoms with Crippen molar-refractivity contribution in [3.8, 4) is 5.75 Å². The van der Waals surface area contributed by atoms with E-state index in [1.165, 1.54) is 22.7 Å². The highest BCUT2D eigenvalue weighted by atomic mass is 32.2. The highest BCUT2D eigenvalue weighted by molar-refractivity contribution is 7.88. The monoisotopic (exact) mass is 342 g/mol. The highest BCUT2D eigenvalue weighted by Gasteiger charge is 2.29. The fraction of sp³-hybridized carbons (Fsp3) is 0.625. The Kier molecular flexibility index (Phi) is 4.89. The number of sulfonamides is 1. The van der Waals surface area contributed by atoms with E-state index < -0.39 is 10.0 Å². The lowest BCUT2D eigenvalue weighted by atomic mass is 10.0. The zero-order chi connectivity index (χ0) is 16.4. The third kappa shape index (κ3) is 4.02. The van der Waals surface area contributed by atoms with Crippen LogP contribution in [0.3, 0.4) is 0 Å². The van der Waals surface area contributed by atoms with Crippen LogP contribution in [-0.4, -0.2) is 45.2 Å². The van der Waals surface area contributed by atoms with Crippen LogP contribution in [0.4, 0.5) is 4.39 Å². The minimum Gasteiger partial charge on any atom is -0.493 e. The molecule has 3 rings (SSSR count).